The van der Waals surface area contributed by atoms with Crippen molar-refractivity contribution in [1.82, 2.24) is 20.5 Å². The van der Waals surface area contributed by atoms with E-state index in [0.29, 0.717) is 5.92 Å². The van der Waals surface area contributed by atoms with Crippen LogP contribution in [0.3, 0.4) is 0 Å². The summed E-state index contributed by atoms with van der Waals surface area (Å²) in [5.74, 6) is 1.62. The minimum Gasteiger partial charge on any atom is -0.357 e. The zero-order chi connectivity index (χ0) is 19.6. The third-order valence-electron chi connectivity index (χ3n) is 5.16. The van der Waals surface area contributed by atoms with Crippen molar-refractivity contribution in [2.75, 3.05) is 32.7 Å². The van der Waals surface area contributed by atoms with Crippen molar-refractivity contribution in [3.63, 3.8) is 0 Å². The second kappa shape index (κ2) is 11.2. The molecule has 28 heavy (non-hydrogen) atoms. The molecule has 0 unspecified atom stereocenters. The smallest absolute Gasteiger partial charge is 0.191 e. The van der Waals surface area contributed by atoms with Gasteiger partial charge >= 0.3 is 0 Å². The van der Waals surface area contributed by atoms with Gasteiger partial charge in [0.2, 0.25) is 0 Å². The number of benzene rings is 1. The van der Waals surface area contributed by atoms with Gasteiger partial charge in [0.05, 0.1) is 10.7 Å². The quantitative estimate of drug-likeness (QED) is 0.527. The number of hydrogen-bond donors (Lipinski definition) is 2. The Balaban J connectivity index is 1.39. The molecule has 1 aromatic carbocycles. The number of aromatic nitrogens is 1. The Labute approximate surface area is 173 Å². The third-order valence-corrected chi connectivity index (χ3v) is 5.98. The molecule has 1 saturated heterocycles. The molecule has 1 aromatic heterocycles. The summed E-state index contributed by atoms with van der Waals surface area (Å²) in [6, 6.07) is 10.6. The average Bonchev–Trinajstić information content (AvgIpc) is 3.12. The molecule has 3 rings (SSSR count). The largest absolute Gasteiger partial charge is 0.357 e. The number of thiazole rings is 1. The number of guanidine groups is 1. The van der Waals surface area contributed by atoms with Crippen molar-refractivity contribution >= 4 is 17.3 Å². The predicted octanol–water partition coefficient (Wildman–Crippen LogP) is 3.46. The Morgan fingerprint density at radius 2 is 2.00 bits per heavy atom. The Kier molecular flexibility index (Phi) is 8.30. The fourth-order valence-electron chi connectivity index (χ4n) is 3.57. The van der Waals surface area contributed by atoms with Crippen LogP contribution in [0.2, 0.25) is 0 Å². The molecule has 0 saturated carbocycles. The summed E-state index contributed by atoms with van der Waals surface area (Å²) in [7, 11) is 0. The molecule has 0 atom stereocenters. The second-order valence-corrected chi connectivity index (χ2v) is 8.52. The van der Waals surface area contributed by atoms with E-state index in [0.717, 1.165) is 56.7 Å². The molecule has 1 aliphatic rings. The van der Waals surface area contributed by atoms with Gasteiger partial charge in [0.15, 0.2) is 5.96 Å². The number of nitrogens with one attached hydrogen (secondary N) is 2. The van der Waals surface area contributed by atoms with Crippen molar-refractivity contribution in [3.05, 3.63) is 52.0 Å². The van der Waals surface area contributed by atoms with E-state index in [9.17, 15) is 0 Å². The topological polar surface area (TPSA) is 52.6 Å². The minimum atomic E-state index is 0.679. The molecule has 6 heteroatoms. The Hall–Kier alpha value is -1.92. The molecule has 2 N–H and O–H groups in total. The van der Waals surface area contributed by atoms with Crippen LogP contribution < -0.4 is 10.6 Å². The van der Waals surface area contributed by atoms with Crippen LogP contribution in [0, 0.1) is 12.8 Å². The Bertz CT molecular complexity index is 720. The van der Waals surface area contributed by atoms with E-state index in [2.05, 4.69) is 70.1 Å². The molecule has 0 radical (unpaired) electrons. The van der Waals surface area contributed by atoms with E-state index in [-0.39, 0.29) is 0 Å². The maximum Gasteiger partial charge on any atom is 0.191 e. The highest BCUT2D eigenvalue weighted by Gasteiger charge is 2.19. The van der Waals surface area contributed by atoms with Crippen LogP contribution >= 0.6 is 11.3 Å². The highest BCUT2D eigenvalue weighted by Crippen LogP contribution is 2.20. The fraction of sp³-hybridized carbons (Fsp3) is 0.545. The van der Waals surface area contributed by atoms with Crippen LogP contribution in [0.1, 0.15) is 36.0 Å². The van der Waals surface area contributed by atoms with E-state index < -0.39 is 0 Å². The van der Waals surface area contributed by atoms with Gasteiger partial charge in [-0.2, -0.15) is 0 Å². The molecule has 1 fully saturated rings. The first-order valence-electron chi connectivity index (χ1n) is 10.4. The highest BCUT2D eigenvalue weighted by atomic mass is 32.1. The number of aliphatic imine (C=N–C) groups is 1. The standard InChI is InChI=1S/C22H33N5S/c1-3-23-22(24-12-9-19-7-5-4-6-8-19)25-15-20-10-13-27(14-11-20)16-21-17-28-18(2)26-21/h4-8,17,20H,3,9-16H2,1-2H3,(H2,23,24,25). The predicted molar refractivity (Wildman–Crippen MR) is 119 cm³/mol. The van der Waals surface area contributed by atoms with Gasteiger partial charge in [-0.15, -0.1) is 11.3 Å². The molecular weight excluding hydrogens is 366 g/mol. The van der Waals surface area contributed by atoms with Gasteiger partial charge in [0.1, 0.15) is 0 Å². The summed E-state index contributed by atoms with van der Waals surface area (Å²) in [6.07, 6.45) is 3.45. The zero-order valence-corrected chi connectivity index (χ0v) is 18.0. The van der Waals surface area contributed by atoms with Crippen LogP contribution in [-0.4, -0.2) is 48.6 Å². The summed E-state index contributed by atoms with van der Waals surface area (Å²) in [4.78, 5) is 12.0. The van der Waals surface area contributed by atoms with Crippen LogP contribution in [0.5, 0.6) is 0 Å². The summed E-state index contributed by atoms with van der Waals surface area (Å²) in [5.41, 5.74) is 2.57. The van der Waals surface area contributed by atoms with Gasteiger partial charge in [-0.1, -0.05) is 30.3 Å². The molecule has 1 aliphatic heterocycles. The molecule has 0 bridgehead atoms. The first-order valence-corrected chi connectivity index (χ1v) is 11.3. The number of aryl methyl sites for hydroxylation is 1. The summed E-state index contributed by atoms with van der Waals surface area (Å²) >= 11 is 1.74. The second-order valence-electron chi connectivity index (χ2n) is 7.46. The molecule has 152 valence electrons. The number of piperidine rings is 1. The lowest BCUT2D eigenvalue weighted by Crippen LogP contribution is -2.39. The van der Waals surface area contributed by atoms with Crippen molar-refractivity contribution < 1.29 is 0 Å². The first-order chi connectivity index (χ1) is 13.7. The molecular formula is C22H33N5S. The molecule has 2 heterocycles. The van der Waals surface area contributed by atoms with Gasteiger partial charge in [0.25, 0.3) is 0 Å². The number of rotatable bonds is 8. The molecule has 2 aromatic rings. The van der Waals surface area contributed by atoms with E-state index in [1.54, 1.807) is 11.3 Å². The summed E-state index contributed by atoms with van der Waals surface area (Å²) in [5, 5.41) is 10.2. The third kappa shape index (κ3) is 6.91. The van der Waals surface area contributed by atoms with Crippen LogP contribution in [0.15, 0.2) is 40.7 Å². The van der Waals surface area contributed by atoms with E-state index in [4.69, 9.17) is 4.99 Å². The van der Waals surface area contributed by atoms with E-state index in [1.165, 1.54) is 24.1 Å². The van der Waals surface area contributed by atoms with Crippen LogP contribution in [0.25, 0.3) is 0 Å². The van der Waals surface area contributed by atoms with Gasteiger partial charge in [-0.05, 0) is 57.7 Å². The Morgan fingerprint density at radius 3 is 2.68 bits per heavy atom. The molecule has 0 spiro atoms. The molecule has 0 amide bonds. The van der Waals surface area contributed by atoms with Gasteiger partial charge in [0, 0.05) is 31.6 Å². The van der Waals surface area contributed by atoms with Gasteiger partial charge < -0.3 is 10.6 Å². The van der Waals surface area contributed by atoms with Crippen molar-refractivity contribution in [1.29, 1.82) is 0 Å². The molecule has 0 aliphatic carbocycles. The average molecular weight is 400 g/mol. The number of hydrogen-bond acceptors (Lipinski definition) is 4. The summed E-state index contributed by atoms with van der Waals surface area (Å²) < 4.78 is 0. The fourth-order valence-corrected chi connectivity index (χ4v) is 4.17. The van der Waals surface area contributed by atoms with Crippen LogP contribution in [0.4, 0.5) is 0 Å². The lowest BCUT2D eigenvalue weighted by Gasteiger charge is -2.30. The lowest BCUT2D eigenvalue weighted by molar-refractivity contribution is 0.179. The van der Waals surface area contributed by atoms with Crippen molar-refractivity contribution in [2.24, 2.45) is 10.9 Å². The van der Waals surface area contributed by atoms with Crippen molar-refractivity contribution in [2.45, 2.75) is 39.7 Å². The highest BCUT2D eigenvalue weighted by molar-refractivity contribution is 7.09. The maximum absolute atomic E-state index is 4.85. The Morgan fingerprint density at radius 1 is 1.21 bits per heavy atom. The van der Waals surface area contributed by atoms with E-state index in [1.807, 2.05) is 0 Å². The number of nitrogens with zero attached hydrogens (tertiary/aromatic N) is 3. The maximum atomic E-state index is 4.85. The first kappa shape index (κ1) is 20.8. The minimum absolute atomic E-state index is 0.679. The molecule has 5 nitrogen and oxygen atoms in total. The SMILES string of the molecule is CCNC(=NCC1CCN(Cc2csc(C)n2)CC1)NCCc1ccccc1. The lowest BCUT2D eigenvalue weighted by atomic mass is 9.97. The van der Waals surface area contributed by atoms with Gasteiger partial charge in [-0.3, -0.25) is 9.89 Å². The summed E-state index contributed by atoms with van der Waals surface area (Å²) in [6.45, 7) is 10.2. The van der Waals surface area contributed by atoms with Gasteiger partial charge in [-0.25, -0.2) is 4.98 Å². The van der Waals surface area contributed by atoms with Crippen LogP contribution in [-0.2, 0) is 13.0 Å². The van der Waals surface area contributed by atoms with E-state index >= 15 is 0 Å². The normalized spacial score (nSPS) is 16.3. The monoisotopic (exact) mass is 399 g/mol. The number of likely N-dealkylation sites (tertiary alicyclic amines) is 1. The zero-order valence-electron chi connectivity index (χ0n) is 17.2. The van der Waals surface area contributed by atoms with Crippen molar-refractivity contribution in [3.8, 4) is 0 Å².